The van der Waals surface area contributed by atoms with Crippen LogP contribution in [0.15, 0.2) is 0 Å². The lowest BCUT2D eigenvalue weighted by molar-refractivity contribution is -0.123. The molecule has 0 aliphatic carbocycles. The minimum atomic E-state index is -0.173. The molecule has 1 rings (SSSR count). The van der Waals surface area contributed by atoms with Crippen molar-refractivity contribution in [3.05, 3.63) is 5.28 Å². The first kappa shape index (κ1) is 15.4. The molecule has 1 atom stereocenters. The second kappa shape index (κ2) is 6.51. The average Bonchev–Trinajstić information content (AvgIpc) is 2.36. The van der Waals surface area contributed by atoms with Gasteiger partial charge in [-0.3, -0.25) is 4.79 Å². The van der Waals surface area contributed by atoms with Gasteiger partial charge < -0.3 is 15.1 Å². The lowest BCUT2D eigenvalue weighted by Crippen LogP contribution is -2.35. The van der Waals surface area contributed by atoms with E-state index in [1.807, 2.05) is 28.1 Å². The van der Waals surface area contributed by atoms with Gasteiger partial charge >= 0.3 is 0 Å². The van der Waals surface area contributed by atoms with Crippen LogP contribution in [0.4, 0.5) is 11.9 Å². The van der Waals surface area contributed by atoms with E-state index < -0.39 is 0 Å². The van der Waals surface area contributed by atoms with Gasteiger partial charge in [0.05, 0.1) is 5.92 Å². The summed E-state index contributed by atoms with van der Waals surface area (Å²) in [6.07, 6.45) is 0. The first-order valence-corrected chi connectivity index (χ1v) is 6.24. The third-order valence-corrected chi connectivity index (χ3v) is 2.74. The Labute approximate surface area is 118 Å². The van der Waals surface area contributed by atoms with Gasteiger partial charge in [0, 0.05) is 34.7 Å². The van der Waals surface area contributed by atoms with Crippen molar-refractivity contribution in [3.8, 4) is 0 Å². The van der Waals surface area contributed by atoms with Crippen molar-refractivity contribution in [2.75, 3.05) is 44.5 Å². The Balaban J connectivity index is 2.87. The van der Waals surface area contributed by atoms with Crippen LogP contribution in [0, 0.1) is 5.92 Å². The number of nitrogens with one attached hydrogen (secondary N) is 1. The molecule has 1 heterocycles. The lowest BCUT2D eigenvalue weighted by atomic mass is 10.1. The van der Waals surface area contributed by atoms with E-state index >= 15 is 0 Å². The number of halogens is 1. The van der Waals surface area contributed by atoms with Crippen LogP contribution < -0.4 is 15.1 Å². The molecule has 1 N–H and O–H groups in total. The SMILES string of the molecule is CNC(=O)C(C)CN(C)c1nc(Cl)nc(N(C)C)n1. The van der Waals surface area contributed by atoms with Gasteiger partial charge in [-0.2, -0.15) is 15.0 Å². The van der Waals surface area contributed by atoms with Gasteiger partial charge in [-0.15, -0.1) is 0 Å². The molecule has 8 heteroatoms. The Kier molecular flexibility index (Phi) is 5.29. The van der Waals surface area contributed by atoms with Gasteiger partial charge in [-0.05, 0) is 11.6 Å². The zero-order valence-electron chi connectivity index (χ0n) is 11.8. The quantitative estimate of drug-likeness (QED) is 0.845. The molecule has 0 aliphatic heterocycles. The van der Waals surface area contributed by atoms with Gasteiger partial charge in [0.2, 0.25) is 23.1 Å². The highest BCUT2D eigenvalue weighted by atomic mass is 35.5. The molecule has 1 unspecified atom stereocenters. The largest absolute Gasteiger partial charge is 0.359 e. The number of hydrogen-bond donors (Lipinski definition) is 1. The Morgan fingerprint density at radius 2 is 1.84 bits per heavy atom. The van der Waals surface area contributed by atoms with Gasteiger partial charge in [-0.1, -0.05) is 6.92 Å². The van der Waals surface area contributed by atoms with Crippen LogP contribution in [0.2, 0.25) is 5.28 Å². The van der Waals surface area contributed by atoms with Crippen LogP contribution in [0.3, 0.4) is 0 Å². The second-order valence-corrected chi connectivity index (χ2v) is 4.83. The van der Waals surface area contributed by atoms with Crippen molar-refractivity contribution >= 4 is 29.4 Å². The molecule has 0 aliphatic rings. The second-order valence-electron chi connectivity index (χ2n) is 4.49. The molecule has 0 saturated carbocycles. The molecule has 7 nitrogen and oxygen atoms in total. The van der Waals surface area contributed by atoms with E-state index in [-0.39, 0.29) is 17.1 Å². The summed E-state index contributed by atoms with van der Waals surface area (Å²) in [5, 5.41) is 2.74. The van der Waals surface area contributed by atoms with E-state index in [1.165, 1.54) is 0 Å². The molecule has 0 fully saturated rings. The number of hydrogen-bond acceptors (Lipinski definition) is 6. The summed E-state index contributed by atoms with van der Waals surface area (Å²) < 4.78 is 0. The number of anilines is 2. The number of carbonyl (C=O) groups is 1. The minimum absolute atomic E-state index is 0.0279. The molecule has 1 amide bonds. The van der Waals surface area contributed by atoms with E-state index in [1.54, 1.807) is 16.8 Å². The Bertz CT molecular complexity index is 453. The summed E-state index contributed by atoms with van der Waals surface area (Å²) in [4.78, 5) is 27.4. The average molecular weight is 287 g/mol. The summed E-state index contributed by atoms with van der Waals surface area (Å²) in [6, 6.07) is 0. The van der Waals surface area contributed by atoms with Crippen LogP contribution >= 0.6 is 11.6 Å². The number of carbonyl (C=O) groups excluding carboxylic acids is 1. The molecule has 19 heavy (non-hydrogen) atoms. The normalized spacial score (nSPS) is 11.9. The maximum absolute atomic E-state index is 11.5. The highest BCUT2D eigenvalue weighted by Gasteiger charge is 2.17. The van der Waals surface area contributed by atoms with Crippen molar-refractivity contribution in [2.24, 2.45) is 5.92 Å². The number of aromatic nitrogens is 3. The highest BCUT2D eigenvalue weighted by molar-refractivity contribution is 6.28. The van der Waals surface area contributed by atoms with E-state index in [9.17, 15) is 4.79 Å². The molecule has 0 aromatic carbocycles. The monoisotopic (exact) mass is 286 g/mol. The van der Waals surface area contributed by atoms with Gasteiger partial charge in [-0.25, -0.2) is 0 Å². The third-order valence-electron chi connectivity index (χ3n) is 2.57. The molecule has 0 bridgehead atoms. The summed E-state index contributed by atoms with van der Waals surface area (Å²) in [7, 11) is 7.07. The first-order valence-electron chi connectivity index (χ1n) is 5.86. The van der Waals surface area contributed by atoms with Crippen LogP contribution in [-0.4, -0.2) is 55.6 Å². The molecule has 0 radical (unpaired) electrons. The fourth-order valence-electron chi connectivity index (χ4n) is 1.52. The minimum Gasteiger partial charge on any atom is -0.359 e. The maximum Gasteiger partial charge on any atom is 0.231 e. The Hall–Kier alpha value is -1.63. The summed E-state index contributed by atoms with van der Waals surface area (Å²) >= 11 is 5.87. The predicted octanol–water partition coefficient (Wildman–Crippen LogP) is 0.409. The van der Waals surface area contributed by atoms with Crippen LogP contribution in [0.5, 0.6) is 0 Å². The Morgan fingerprint density at radius 1 is 1.26 bits per heavy atom. The standard InChI is InChI=1S/C11H19ClN6O/c1-7(8(19)13-2)6-18(5)11-15-9(12)14-10(16-11)17(3)4/h7H,6H2,1-5H3,(H,13,19). The smallest absolute Gasteiger partial charge is 0.231 e. The number of amides is 1. The van der Waals surface area contributed by atoms with Crippen LogP contribution in [0.1, 0.15) is 6.92 Å². The van der Waals surface area contributed by atoms with E-state index in [2.05, 4.69) is 20.3 Å². The van der Waals surface area contributed by atoms with Gasteiger partial charge in [0.15, 0.2) is 0 Å². The van der Waals surface area contributed by atoms with Crippen LogP contribution in [-0.2, 0) is 4.79 Å². The fourth-order valence-corrected chi connectivity index (χ4v) is 1.67. The predicted molar refractivity (Wildman–Crippen MR) is 75.7 cm³/mol. The molecule has 1 aromatic rings. The lowest BCUT2D eigenvalue weighted by Gasteiger charge is -2.21. The van der Waals surface area contributed by atoms with Crippen molar-refractivity contribution < 1.29 is 4.79 Å². The van der Waals surface area contributed by atoms with Gasteiger partial charge in [0.25, 0.3) is 0 Å². The van der Waals surface area contributed by atoms with E-state index in [0.717, 1.165) is 0 Å². The molecular weight excluding hydrogens is 268 g/mol. The third kappa shape index (κ3) is 4.20. The molecular formula is C11H19ClN6O. The van der Waals surface area contributed by atoms with Crippen molar-refractivity contribution in [1.29, 1.82) is 0 Å². The Morgan fingerprint density at radius 3 is 2.37 bits per heavy atom. The van der Waals surface area contributed by atoms with Crippen molar-refractivity contribution in [3.63, 3.8) is 0 Å². The highest BCUT2D eigenvalue weighted by Crippen LogP contribution is 2.15. The number of nitrogens with zero attached hydrogens (tertiary/aromatic N) is 5. The zero-order valence-corrected chi connectivity index (χ0v) is 12.6. The summed E-state index contributed by atoms with van der Waals surface area (Å²) in [5.74, 6) is 0.724. The summed E-state index contributed by atoms with van der Waals surface area (Å²) in [6.45, 7) is 2.33. The van der Waals surface area contributed by atoms with Gasteiger partial charge in [0.1, 0.15) is 0 Å². The topological polar surface area (TPSA) is 74.2 Å². The van der Waals surface area contributed by atoms with Crippen LogP contribution in [0.25, 0.3) is 0 Å². The maximum atomic E-state index is 11.5. The van der Waals surface area contributed by atoms with E-state index in [0.29, 0.717) is 18.4 Å². The first-order chi connectivity index (χ1) is 8.85. The fraction of sp³-hybridized carbons (Fsp3) is 0.636. The van der Waals surface area contributed by atoms with Crippen molar-refractivity contribution in [1.82, 2.24) is 20.3 Å². The summed E-state index contributed by atoms with van der Waals surface area (Å²) in [5.41, 5.74) is 0. The van der Waals surface area contributed by atoms with E-state index in [4.69, 9.17) is 11.6 Å². The van der Waals surface area contributed by atoms with Crippen molar-refractivity contribution in [2.45, 2.75) is 6.92 Å². The zero-order chi connectivity index (χ0) is 14.6. The molecule has 0 saturated heterocycles. The number of rotatable bonds is 5. The molecule has 0 spiro atoms. The molecule has 106 valence electrons. The molecule has 1 aromatic heterocycles.